The van der Waals surface area contributed by atoms with E-state index in [1.54, 1.807) is 24.3 Å². The first-order chi connectivity index (χ1) is 16.8. The van der Waals surface area contributed by atoms with E-state index in [-0.39, 0.29) is 14.7 Å². The minimum atomic E-state index is -3.81. The monoisotopic (exact) mass is 521 g/mol. The van der Waals surface area contributed by atoms with Gasteiger partial charge in [0.15, 0.2) is 0 Å². The van der Waals surface area contributed by atoms with Gasteiger partial charge in [-0.2, -0.15) is 4.31 Å². The molecule has 2 aromatic rings. The van der Waals surface area contributed by atoms with E-state index in [0.717, 1.165) is 45.8 Å². The highest BCUT2D eigenvalue weighted by molar-refractivity contribution is 7.91. The Morgan fingerprint density at radius 2 is 1.40 bits per heavy atom. The van der Waals surface area contributed by atoms with Crippen molar-refractivity contribution in [2.24, 2.45) is 0 Å². The molecule has 4 rings (SSSR count). The van der Waals surface area contributed by atoms with Crippen LogP contribution in [0.15, 0.2) is 63.2 Å². The number of sulfone groups is 1. The van der Waals surface area contributed by atoms with E-state index in [9.17, 15) is 16.8 Å². The maximum Gasteiger partial charge on any atom is 0.243 e. The third kappa shape index (κ3) is 6.12. The van der Waals surface area contributed by atoms with Crippen LogP contribution in [0.3, 0.4) is 0 Å². The average molecular weight is 522 g/mol. The molecule has 0 aromatic heterocycles. The van der Waals surface area contributed by atoms with E-state index in [1.165, 1.54) is 28.6 Å². The Balaban J connectivity index is 1.44. The molecule has 8 nitrogen and oxygen atoms in total. The third-order valence-corrected chi connectivity index (χ3v) is 10.5. The third-order valence-electron chi connectivity index (χ3n) is 6.78. The Morgan fingerprint density at radius 1 is 0.771 bits per heavy atom. The summed E-state index contributed by atoms with van der Waals surface area (Å²) in [5.41, 5.74) is 0.630. The van der Waals surface area contributed by atoms with Crippen LogP contribution in [0.2, 0.25) is 0 Å². The van der Waals surface area contributed by atoms with Crippen molar-refractivity contribution in [1.82, 2.24) is 14.1 Å². The van der Waals surface area contributed by atoms with Gasteiger partial charge < -0.3 is 9.64 Å². The fourth-order valence-corrected chi connectivity index (χ4v) is 7.77. The van der Waals surface area contributed by atoms with Crippen LogP contribution in [-0.4, -0.2) is 96.5 Å². The lowest BCUT2D eigenvalue weighted by atomic mass is 10.2. The highest BCUT2D eigenvalue weighted by Crippen LogP contribution is 2.28. The normalized spacial score (nSPS) is 19.1. The van der Waals surface area contributed by atoms with Gasteiger partial charge in [-0.3, -0.25) is 4.90 Å². The summed E-state index contributed by atoms with van der Waals surface area (Å²) in [6, 6.07) is 12.6. The van der Waals surface area contributed by atoms with E-state index >= 15 is 0 Å². The van der Waals surface area contributed by atoms with Crippen LogP contribution >= 0.6 is 0 Å². The molecule has 0 bridgehead atoms. The predicted octanol–water partition coefficient (Wildman–Crippen LogP) is 2.11. The number of ether oxygens (including phenoxy) is 1. The molecule has 2 fully saturated rings. The van der Waals surface area contributed by atoms with Gasteiger partial charge in [0.05, 0.1) is 27.9 Å². The molecule has 2 aromatic carbocycles. The van der Waals surface area contributed by atoms with Gasteiger partial charge in [0.25, 0.3) is 0 Å². The Kier molecular flexibility index (Phi) is 8.62. The van der Waals surface area contributed by atoms with Crippen molar-refractivity contribution in [3.8, 4) is 0 Å². The largest absolute Gasteiger partial charge is 0.379 e. The molecule has 35 heavy (non-hydrogen) atoms. The summed E-state index contributed by atoms with van der Waals surface area (Å²) in [6.07, 6.45) is 1.55. The van der Waals surface area contributed by atoms with Gasteiger partial charge in [0.1, 0.15) is 0 Å². The summed E-state index contributed by atoms with van der Waals surface area (Å²) < 4.78 is 60.3. The van der Waals surface area contributed by atoms with Crippen LogP contribution in [0.25, 0.3) is 0 Å². The molecule has 10 heteroatoms. The first kappa shape index (κ1) is 26.2. The molecular formula is C25H35N3O5S2. The van der Waals surface area contributed by atoms with Crippen LogP contribution in [0.1, 0.15) is 18.9 Å². The zero-order valence-electron chi connectivity index (χ0n) is 20.3. The molecule has 2 aliphatic heterocycles. The smallest absolute Gasteiger partial charge is 0.243 e. The molecule has 192 valence electrons. The SMILES string of the molecule is CCc1ccc(S(=O)(=O)c2ccccc2)cc1S(=O)(=O)N1CCN(CCCN2CCOCC2)CC1. The summed E-state index contributed by atoms with van der Waals surface area (Å²) in [4.78, 5) is 4.97. The fourth-order valence-electron chi connectivity index (χ4n) is 4.65. The molecule has 2 saturated heterocycles. The number of aryl methyl sites for hydroxylation is 1. The summed E-state index contributed by atoms with van der Waals surface area (Å²) in [6.45, 7) is 9.55. The van der Waals surface area contributed by atoms with Crippen LogP contribution < -0.4 is 0 Å². The first-order valence-corrected chi connectivity index (χ1v) is 15.2. The van der Waals surface area contributed by atoms with Gasteiger partial charge in [-0.15, -0.1) is 0 Å². The van der Waals surface area contributed by atoms with Gasteiger partial charge in [0, 0.05) is 39.3 Å². The van der Waals surface area contributed by atoms with Crippen molar-refractivity contribution in [3.05, 3.63) is 54.1 Å². The van der Waals surface area contributed by atoms with Crippen LogP contribution in [0, 0.1) is 0 Å². The Labute approximate surface area is 209 Å². The van der Waals surface area contributed by atoms with Gasteiger partial charge in [-0.25, -0.2) is 16.8 Å². The molecule has 0 radical (unpaired) electrons. The minimum Gasteiger partial charge on any atom is -0.379 e. The van der Waals surface area contributed by atoms with Crippen molar-refractivity contribution < 1.29 is 21.6 Å². The molecule has 2 heterocycles. The van der Waals surface area contributed by atoms with Crippen molar-refractivity contribution >= 4 is 19.9 Å². The fraction of sp³-hybridized carbons (Fsp3) is 0.520. The highest BCUT2D eigenvalue weighted by atomic mass is 32.2. The maximum absolute atomic E-state index is 13.6. The van der Waals surface area contributed by atoms with Crippen molar-refractivity contribution in [3.63, 3.8) is 0 Å². The Morgan fingerprint density at radius 3 is 2.03 bits per heavy atom. The van der Waals surface area contributed by atoms with Crippen molar-refractivity contribution in [1.29, 1.82) is 0 Å². The van der Waals surface area contributed by atoms with Gasteiger partial charge >= 0.3 is 0 Å². The molecule has 0 amide bonds. The number of hydrogen-bond donors (Lipinski definition) is 0. The van der Waals surface area contributed by atoms with E-state index < -0.39 is 19.9 Å². The minimum absolute atomic E-state index is 0.00113. The lowest BCUT2D eigenvalue weighted by molar-refractivity contribution is 0.0356. The van der Waals surface area contributed by atoms with E-state index in [4.69, 9.17) is 4.74 Å². The molecule has 0 N–H and O–H groups in total. The number of nitrogens with zero attached hydrogens (tertiary/aromatic N) is 3. The van der Waals surface area contributed by atoms with Crippen molar-refractivity contribution in [2.75, 3.05) is 65.6 Å². The lowest BCUT2D eigenvalue weighted by Gasteiger charge is -2.35. The zero-order chi connectivity index (χ0) is 24.9. The number of morpholine rings is 1. The standard InChI is InChI=1S/C25H35N3O5S2/c1-2-22-9-10-24(34(29,30)23-7-4-3-5-8-23)21-25(22)35(31,32)28-15-13-26(14-16-28)11-6-12-27-17-19-33-20-18-27/h3-5,7-10,21H,2,6,11-20H2,1H3. The summed E-state index contributed by atoms with van der Waals surface area (Å²) >= 11 is 0. The maximum atomic E-state index is 13.6. The molecule has 0 atom stereocenters. The molecular weight excluding hydrogens is 486 g/mol. The second-order valence-electron chi connectivity index (χ2n) is 8.99. The van der Waals surface area contributed by atoms with Gasteiger partial charge in [-0.05, 0) is 55.8 Å². The number of piperazine rings is 1. The molecule has 0 unspecified atom stereocenters. The highest BCUT2D eigenvalue weighted by Gasteiger charge is 2.31. The average Bonchev–Trinajstić information content (AvgIpc) is 2.89. The molecule has 0 aliphatic carbocycles. The molecule has 2 aliphatic rings. The zero-order valence-corrected chi connectivity index (χ0v) is 21.9. The predicted molar refractivity (Wildman–Crippen MR) is 135 cm³/mol. The topological polar surface area (TPSA) is 87.2 Å². The second kappa shape index (κ2) is 11.5. The van der Waals surface area contributed by atoms with Gasteiger partial charge in [0.2, 0.25) is 19.9 Å². The van der Waals surface area contributed by atoms with Gasteiger partial charge in [-0.1, -0.05) is 31.2 Å². The van der Waals surface area contributed by atoms with E-state index in [1.807, 2.05) is 6.92 Å². The van der Waals surface area contributed by atoms with E-state index in [2.05, 4.69) is 9.80 Å². The Bertz CT molecular complexity index is 1190. The van der Waals surface area contributed by atoms with Crippen LogP contribution in [-0.2, 0) is 31.0 Å². The first-order valence-electron chi connectivity index (χ1n) is 12.3. The van der Waals surface area contributed by atoms with Crippen LogP contribution in [0.4, 0.5) is 0 Å². The number of hydrogen-bond acceptors (Lipinski definition) is 7. The Hall–Kier alpha value is -1.82. The number of sulfonamides is 1. The lowest BCUT2D eigenvalue weighted by Crippen LogP contribution is -2.49. The number of rotatable bonds is 9. The summed E-state index contributed by atoms with van der Waals surface area (Å²) in [5.74, 6) is 0. The second-order valence-corrected chi connectivity index (χ2v) is 12.8. The van der Waals surface area contributed by atoms with Crippen molar-refractivity contribution in [2.45, 2.75) is 34.5 Å². The van der Waals surface area contributed by atoms with E-state index in [0.29, 0.717) is 38.2 Å². The quantitative estimate of drug-likeness (QED) is 0.500. The molecule has 0 spiro atoms. The number of benzene rings is 2. The summed E-state index contributed by atoms with van der Waals surface area (Å²) in [5, 5.41) is 0. The van der Waals surface area contributed by atoms with Crippen LogP contribution in [0.5, 0.6) is 0 Å². The molecule has 0 saturated carbocycles. The summed E-state index contributed by atoms with van der Waals surface area (Å²) in [7, 11) is -7.62.